The smallest absolute Gasteiger partial charge is 0.224 e. The number of hydrogen-bond donors (Lipinski definition) is 1. The Hall–Kier alpha value is -2.33. The van der Waals surface area contributed by atoms with E-state index >= 15 is 0 Å². The molecule has 0 aliphatic carbocycles. The minimum atomic E-state index is 0.0616. The minimum Gasteiger partial charge on any atom is -0.497 e. The number of piperidine rings is 1. The first kappa shape index (κ1) is 19.4. The number of amides is 1. The standard InChI is InChI=1S/C23H30N2O2/c1-18-12-14-25(15-13-18)22(20-6-4-3-5-7-20)17-24-23(26)16-19-8-10-21(27-2)11-9-19/h3-11,18,22H,12-17H2,1-2H3,(H,24,26). The van der Waals surface area contributed by atoms with Crippen molar-refractivity contribution in [3.63, 3.8) is 0 Å². The van der Waals surface area contributed by atoms with E-state index < -0.39 is 0 Å². The summed E-state index contributed by atoms with van der Waals surface area (Å²) in [7, 11) is 1.65. The summed E-state index contributed by atoms with van der Waals surface area (Å²) in [5.74, 6) is 1.66. The zero-order valence-electron chi connectivity index (χ0n) is 16.4. The molecular weight excluding hydrogens is 336 g/mol. The second-order valence-electron chi connectivity index (χ2n) is 7.47. The number of methoxy groups -OCH3 is 1. The molecule has 4 nitrogen and oxygen atoms in total. The first-order chi connectivity index (χ1) is 13.2. The Morgan fingerprint density at radius 1 is 1.11 bits per heavy atom. The highest BCUT2D eigenvalue weighted by molar-refractivity contribution is 5.78. The molecule has 4 heteroatoms. The summed E-state index contributed by atoms with van der Waals surface area (Å²) in [6.07, 6.45) is 2.84. The molecule has 0 bridgehead atoms. The number of hydrogen-bond acceptors (Lipinski definition) is 3. The highest BCUT2D eigenvalue weighted by Gasteiger charge is 2.24. The van der Waals surface area contributed by atoms with Gasteiger partial charge in [0.15, 0.2) is 0 Å². The normalized spacial score (nSPS) is 16.7. The van der Waals surface area contributed by atoms with Crippen LogP contribution in [0.1, 0.15) is 36.9 Å². The van der Waals surface area contributed by atoms with Gasteiger partial charge in [-0.2, -0.15) is 0 Å². The van der Waals surface area contributed by atoms with Gasteiger partial charge >= 0.3 is 0 Å². The van der Waals surface area contributed by atoms with Crippen LogP contribution in [0.5, 0.6) is 5.75 Å². The summed E-state index contributed by atoms with van der Waals surface area (Å²) in [6.45, 7) is 5.16. The fourth-order valence-corrected chi connectivity index (χ4v) is 3.67. The van der Waals surface area contributed by atoms with E-state index in [0.717, 1.165) is 30.3 Å². The van der Waals surface area contributed by atoms with Gasteiger partial charge in [-0.3, -0.25) is 9.69 Å². The molecule has 2 aromatic rings. The molecule has 1 N–H and O–H groups in total. The zero-order chi connectivity index (χ0) is 19.1. The van der Waals surface area contributed by atoms with Gasteiger partial charge in [-0.05, 0) is 55.1 Å². The molecule has 0 aromatic heterocycles. The highest BCUT2D eigenvalue weighted by Crippen LogP contribution is 2.26. The van der Waals surface area contributed by atoms with Gasteiger partial charge in [0.2, 0.25) is 5.91 Å². The van der Waals surface area contributed by atoms with E-state index in [-0.39, 0.29) is 11.9 Å². The molecule has 2 aromatic carbocycles. The number of carbonyl (C=O) groups is 1. The van der Waals surface area contributed by atoms with Crippen LogP contribution in [-0.2, 0) is 11.2 Å². The van der Waals surface area contributed by atoms with Crippen molar-refractivity contribution in [1.29, 1.82) is 0 Å². The number of rotatable bonds is 7. The van der Waals surface area contributed by atoms with Crippen molar-refractivity contribution in [3.8, 4) is 5.75 Å². The van der Waals surface area contributed by atoms with Crippen LogP contribution in [-0.4, -0.2) is 37.6 Å². The Balaban J connectivity index is 1.60. The Bertz CT molecular complexity index is 707. The van der Waals surface area contributed by atoms with Crippen LogP contribution < -0.4 is 10.1 Å². The fourth-order valence-electron chi connectivity index (χ4n) is 3.67. The van der Waals surface area contributed by atoms with Crippen LogP contribution in [0.4, 0.5) is 0 Å². The van der Waals surface area contributed by atoms with Crippen LogP contribution in [0.3, 0.4) is 0 Å². The highest BCUT2D eigenvalue weighted by atomic mass is 16.5. The van der Waals surface area contributed by atoms with E-state index in [9.17, 15) is 4.79 Å². The maximum absolute atomic E-state index is 12.5. The average molecular weight is 367 g/mol. The van der Waals surface area contributed by atoms with E-state index in [1.807, 2.05) is 30.3 Å². The third kappa shape index (κ3) is 5.57. The molecule has 0 spiro atoms. The van der Waals surface area contributed by atoms with Crippen LogP contribution in [0.15, 0.2) is 54.6 Å². The molecule has 1 aliphatic heterocycles. The van der Waals surface area contributed by atoms with Gasteiger partial charge < -0.3 is 10.1 Å². The number of nitrogens with zero attached hydrogens (tertiary/aromatic N) is 1. The molecular formula is C23H30N2O2. The molecule has 1 amide bonds. The average Bonchev–Trinajstić information content (AvgIpc) is 2.71. The van der Waals surface area contributed by atoms with E-state index in [1.54, 1.807) is 7.11 Å². The molecule has 1 atom stereocenters. The molecule has 0 saturated carbocycles. The van der Waals surface area contributed by atoms with Crippen molar-refractivity contribution in [2.24, 2.45) is 5.92 Å². The van der Waals surface area contributed by atoms with Gasteiger partial charge in [-0.1, -0.05) is 49.4 Å². The minimum absolute atomic E-state index is 0.0616. The lowest BCUT2D eigenvalue weighted by atomic mass is 9.95. The number of benzene rings is 2. The van der Waals surface area contributed by atoms with Crippen molar-refractivity contribution in [3.05, 3.63) is 65.7 Å². The number of likely N-dealkylation sites (tertiary alicyclic amines) is 1. The van der Waals surface area contributed by atoms with Crippen LogP contribution in [0.2, 0.25) is 0 Å². The van der Waals surface area contributed by atoms with E-state index in [1.165, 1.54) is 18.4 Å². The molecule has 3 rings (SSSR count). The predicted molar refractivity (Wildman–Crippen MR) is 109 cm³/mol. The third-order valence-electron chi connectivity index (χ3n) is 5.46. The second-order valence-corrected chi connectivity index (χ2v) is 7.47. The molecule has 1 aliphatic rings. The van der Waals surface area contributed by atoms with Crippen molar-refractivity contribution in [2.75, 3.05) is 26.7 Å². The summed E-state index contributed by atoms with van der Waals surface area (Å²) in [6, 6.07) is 18.4. The summed E-state index contributed by atoms with van der Waals surface area (Å²) in [4.78, 5) is 15.0. The van der Waals surface area contributed by atoms with Gasteiger partial charge in [-0.15, -0.1) is 0 Å². The Morgan fingerprint density at radius 3 is 2.41 bits per heavy atom. The maximum atomic E-state index is 12.5. The second kappa shape index (κ2) is 9.56. The first-order valence-electron chi connectivity index (χ1n) is 9.84. The summed E-state index contributed by atoms with van der Waals surface area (Å²) in [5.41, 5.74) is 2.27. The summed E-state index contributed by atoms with van der Waals surface area (Å²) < 4.78 is 5.17. The Morgan fingerprint density at radius 2 is 1.78 bits per heavy atom. The quantitative estimate of drug-likeness (QED) is 0.810. The van der Waals surface area contributed by atoms with Crippen molar-refractivity contribution < 1.29 is 9.53 Å². The van der Waals surface area contributed by atoms with Crippen LogP contribution >= 0.6 is 0 Å². The lowest BCUT2D eigenvalue weighted by molar-refractivity contribution is -0.120. The molecule has 1 heterocycles. The van der Waals surface area contributed by atoms with Crippen LogP contribution in [0, 0.1) is 5.92 Å². The molecule has 1 fully saturated rings. The van der Waals surface area contributed by atoms with E-state index in [0.29, 0.717) is 13.0 Å². The van der Waals surface area contributed by atoms with Crippen LogP contribution in [0.25, 0.3) is 0 Å². The molecule has 1 unspecified atom stereocenters. The Kier molecular flexibility index (Phi) is 6.88. The molecule has 144 valence electrons. The number of carbonyl (C=O) groups excluding carboxylic acids is 1. The summed E-state index contributed by atoms with van der Waals surface area (Å²) in [5, 5.41) is 3.15. The third-order valence-corrected chi connectivity index (χ3v) is 5.46. The first-order valence-corrected chi connectivity index (χ1v) is 9.84. The summed E-state index contributed by atoms with van der Waals surface area (Å²) >= 11 is 0. The topological polar surface area (TPSA) is 41.6 Å². The number of ether oxygens (including phenoxy) is 1. The van der Waals surface area contributed by atoms with Crippen molar-refractivity contribution >= 4 is 5.91 Å². The predicted octanol–water partition coefficient (Wildman–Crippen LogP) is 3.83. The molecule has 0 radical (unpaired) electrons. The zero-order valence-corrected chi connectivity index (χ0v) is 16.4. The number of nitrogens with one attached hydrogen (secondary N) is 1. The molecule has 27 heavy (non-hydrogen) atoms. The fraction of sp³-hybridized carbons (Fsp3) is 0.435. The van der Waals surface area contributed by atoms with Gasteiger partial charge in [0.1, 0.15) is 5.75 Å². The lowest BCUT2D eigenvalue weighted by Crippen LogP contribution is -2.42. The SMILES string of the molecule is COc1ccc(CC(=O)NCC(c2ccccc2)N2CCC(C)CC2)cc1. The maximum Gasteiger partial charge on any atom is 0.224 e. The molecule has 1 saturated heterocycles. The van der Waals surface area contributed by atoms with Crippen molar-refractivity contribution in [2.45, 2.75) is 32.2 Å². The van der Waals surface area contributed by atoms with Gasteiger partial charge in [0, 0.05) is 6.54 Å². The van der Waals surface area contributed by atoms with E-state index in [2.05, 4.69) is 41.4 Å². The van der Waals surface area contributed by atoms with Crippen molar-refractivity contribution in [1.82, 2.24) is 10.2 Å². The van der Waals surface area contributed by atoms with Gasteiger partial charge in [0.05, 0.1) is 19.6 Å². The van der Waals surface area contributed by atoms with E-state index in [4.69, 9.17) is 4.74 Å². The monoisotopic (exact) mass is 366 g/mol. The van der Waals surface area contributed by atoms with Gasteiger partial charge in [0.25, 0.3) is 0 Å². The Labute approximate surface area is 162 Å². The largest absolute Gasteiger partial charge is 0.497 e. The lowest BCUT2D eigenvalue weighted by Gasteiger charge is -2.37. The van der Waals surface area contributed by atoms with Gasteiger partial charge in [-0.25, -0.2) is 0 Å².